The van der Waals surface area contributed by atoms with Crippen molar-refractivity contribution < 1.29 is 0 Å². The second-order valence-corrected chi connectivity index (χ2v) is 7.41. The smallest absolute Gasteiger partial charge is 0.00205 e. The van der Waals surface area contributed by atoms with Gasteiger partial charge in [0.15, 0.2) is 0 Å². The largest absolute Gasteiger partial charge is 0.316 e. The zero-order valence-corrected chi connectivity index (χ0v) is 16.6. The lowest BCUT2D eigenvalue weighted by atomic mass is 9.87. The number of unbranched alkanes of at least 4 members (excludes halogenated alkanes) is 5. The number of rotatable bonds is 16. The van der Waals surface area contributed by atoms with Gasteiger partial charge < -0.3 is 5.32 Å². The molecule has 0 radical (unpaired) electrons. The summed E-state index contributed by atoms with van der Waals surface area (Å²) in [7, 11) is 0. The quantitative estimate of drug-likeness (QED) is 0.241. The molecule has 1 unspecified atom stereocenters. The van der Waals surface area contributed by atoms with E-state index in [0.29, 0.717) is 5.92 Å². The van der Waals surface area contributed by atoms with E-state index in [2.05, 4.69) is 46.2 Å². The zero-order valence-electron chi connectivity index (χ0n) is 16.6. The Labute approximate surface area is 147 Å². The maximum Gasteiger partial charge on any atom is -0.00205 e. The molecule has 136 valence electrons. The molecule has 0 heterocycles. The van der Waals surface area contributed by atoms with Gasteiger partial charge in [0.05, 0.1) is 0 Å². The fourth-order valence-corrected chi connectivity index (χ4v) is 3.10. The van der Waals surface area contributed by atoms with Crippen LogP contribution in [0.3, 0.4) is 0 Å². The molecule has 0 amide bonds. The predicted octanol–water partition coefficient (Wildman–Crippen LogP) is 6.90. The number of hydrogen-bond acceptors (Lipinski definition) is 1. The lowest BCUT2D eigenvalue weighted by Crippen LogP contribution is -2.24. The molecule has 0 rings (SSSR count). The van der Waals surface area contributed by atoms with Crippen molar-refractivity contribution in [2.24, 2.45) is 11.8 Å². The summed E-state index contributed by atoms with van der Waals surface area (Å²) in [6, 6.07) is 0. The molecule has 0 fully saturated rings. The lowest BCUT2D eigenvalue weighted by molar-refractivity contribution is 0.372. The van der Waals surface area contributed by atoms with Gasteiger partial charge in [0.2, 0.25) is 0 Å². The average molecular weight is 322 g/mol. The van der Waals surface area contributed by atoms with Crippen molar-refractivity contribution in [1.29, 1.82) is 0 Å². The van der Waals surface area contributed by atoms with Gasteiger partial charge in [0, 0.05) is 0 Å². The molecule has 0 aliphatic rings. The van der Waals surface area contributed by atoms with Crippen LogP contribution in [-0.4, -0.2) is 13.1 Å². The van der Waals surface area contributed by atoms with Crippen molar-refractivity contribution in [1.82, 2.24) is 5.32 Å². The van der Waals surface area contributed by atoms with Gasteiger partial charge in [-0.3, -0.25) is 0 Å². The highest BCUT2D eigenvalue weighted by Crippen LogP contribution is 2.24. The second kappa shape index (κ2) is 15.0. The third-order valence-corrected chi connectivity index (χ3v) is 5.01. The van der Waals surface area contributed by atoms with Crippen LogP contribution in [0.4, 0.5) is 0 Å². The molecule has 0 bridgehead atoms. The van der Waals surface area contributed by atoms with Gasteiger partial charge >= 0.3 is 0 Å². The van der Waals surface area contributed by atoms with Crippen LogP contribution in [0.15, 0.2) is 24.3 Å². The first-order valence-electron chi connectivity index (χ1n) is 10.1. The minimum Gasteiger partial charge on any atom is -0.316 e. The summed E-state index contributed by atoms with van der Waals surface area (Å²) in [6.45, 7) is 19.6. The van der Waals surface area contributed by atoms with Crippen LogP contribution in [-0.2, 0) is 0 Å². The van der Waals surface area contributed by atoms with Crippen LogP contribution in [0.5, 0.6) is 0 Å². The zero-order chi connectivity index (χ0) is 17.5. The van der Waals surface area contributed by atoms with Crippen LogP contribution in [0.1, 0.15) is 91.9 Å². The van der Waals surface area contributed by atoms with E-state index in [9.17, 15) is 0 Å². The van der Waals surface area contributed by atoms with Crippen LogP contribution < -0.4 is 5.32 Å². The second-order valence-electron chi connectivity index (χ2n) is 7.41. The molecule has 0 aromatic rings. The molecule has 0 spiro atoms. The van der Waals surface area contributed by atoms with Crippen molar-refractivity contribution in [3.63, 3.8) is 0 Å². The van der Waals surface area contributed by atoms with Crippen molar-refractivity contribution in [3.8, 4) is 0 Å². The Morgan fingerprint density at radius 1 is 0.870 bits per heavy atom. The van der Waals surface area contributed by atoms with E-state index in [1.54, 1.807) is 0 Å². The van der Waals surface area contributed by atoms with E-state index in [1.165, 1.54) is 82.9 Å². The fourth-order valence-electron chi connectivity index (χ4n) is 3.10. The van der Waals surface area contributed by atoms with E-state index in [0.717, 1.165) is 11.5 Å². The molecular weight excluding hydrogens is 278 g/mol. The van der Waals surface area contributed by atoms with Crippen molar-refractivity contribution in [2.75, 3.05) is 13.1 Å². The highest BCUT2D eigenvalue weighted by atomic mass is 14.8. The van der Waals surface area contributed by atoms with Gasteiger partial charge in [-0.1, -0.05) is 83.6 Å². The first kappa shape index (κ1) is 22.4. The highest BCUT2D eigenvalue weighted by molar-refractivity contribution is 5.24. The Balaban J connectivity index is 4.07. The topological polar surface area (TPSA) is 12.0 Å². The SMILES string of the molecule is C=C(C)C(=C)[C@@H](C)CCC(CCCCC)CNCCCCCC. The molecule has 2 atom stereocenters. The molecule has 0 saturated heterocycles. The molecule has 0 aromatic heterocycles. The molecular formula is C22H43N. The summed E-state index contributed by atoms with van der Waals surface area (Å²) in [5.41, 5.74) is 2.39. The molecule has 0 aliphatic heterocycles. The summed E-state index contributed by atoms with van der Waals surface area (Å²) >= 11 is 0. The average Bonchev–Trinajstić information content (AvgIpc) is 2.54. The van der Waals surface area contributed by atoms with Crippen LogP contribution in [0.2, 0.25) is 0 Å². The van der Waals surface area contributed by atoms with E-state index in [1.807, 2.05) is 0 Å². The summed E-state index contributed by atoms with van der Waals surface area (Å²) in [5, 5.41) is 3.71. The van der Waals surface area contributed by atoms with Crippen molar-refractivity contribution >= 4 is 0 Å². The normalized spacial score (nSPS) is 13.7. The van der Waals surface area contributed by atoms with E-state index < -0.39 is 0 Å². The molecule has 1 N–H and O–H groups in total. The third-order valence-electron chi connectivity index (χ3n) is 5.01. The molecule has 0 aromatic carbocycles. The van der Waals surface area contributed by atoms with E-state index in [-0.39, 0.29) is 0 Å². The molecule has 0 aliphatic carbocycles. The van der Waals surface area contributed by atoms with Gasteiger partial charge in [-0.05, 0) is 57.5 Å². The minimum atomic E-state index is 0.575. The standard InChI is InChI=1S/C22H43N/c1-7-9-11-13-17-23-18-22(14-12-10-8-2)16-15-20(5)21(6)19(3)4/h20,22-23H,3,6-18H2,1-2,4-5H3/t20-,22?/m0/s1. The Morgan fingerprint density at radius 3 is 2.13 bits per heavy atom. The number of hydrogen-bond donors (Lipinski definition) is 1. The fraction of sp³-hybridized carbons (Fsp3) is 0.818. The van der Waals surface area contributed by atoms with Gasteiger partial charge in [-0.15, -0.1) is 0 Å². The van der Waals surface area contributed by atoms with Crippen LogP contribution >= 0.6 is 0 Å². The Hall–Kier alpha value is -0.560. The molecule has 23 heavy (non-hydrogen) atoms. The van der Waals surface area contributed by atoms with Gasteiger partial charge in [-0.2, -0.15) is 0 Å². The molecule has 0 saturated carbocycles. The van der Waals surface area contributed by atoms with E-state index >= 15 is 0 Å². The maximum absolute atomic E-state index is 4.20. The van der Waals surface area contributed by atoms with Crippen LogP contribution in [0, 0.1) is 11.8 Å². The van der Waals surface area contributed by atoms with Crippen molar-refractivity contribution in [2.45, 2.75) is 91.9 Å². The van der Waals surface area contributed by atoms with Gasteiger partial charge in [0.1, 0.15) is 0 Å². The van der Waals surface area contributed by atoms with Crippen molar-refractivity contribution in [3.05, 3.63) is 24.3 Å². The minimum absolute atomic E-state index is 0.575. The summed E-state index contributed by atoms with van der Waals surface area (Å²) in [6.07, 6.45) is 13.4. The number of nitrogens with one attached hydrogen (secondary N) is 1. The van der Waals surface area contributed by atoms with Gasteiger partial charge in [-0.25, -0.2) is 0 Å². The van der Waals surface area contributed by atoms with Crippen LogP contribution in [0.25, 0.3) is 0 Å². The first-order chi connectivity index (χ1) is 11.0. The Kier molecular flexibility index (Phi) is 14.6. The summed E-state index contributed by atoms with van der Waals surface area (Å²) in [4.78, 5) is 0. The monoisotopic (exact) mass is 321 g/mol. The lowest BCUT2D eigenvalue weighted by Gasteiger charge is -2.21. The molecule has 1 heteroatoms. The Bertz CT molecular complexity index is 305. The van der Waals surface area contributed by atoms with E-state index in [4.69, 9.17) is 0 Å². The maximum atomic E-state index is 4.20. The summed E-state index contributed by atoms with van der Waals surface area (Å²) in [5.74, 6) is 1.40. The Morgan fingerprint density at radius 2 is 1.52 bits per heavy atom. The summed E-state index contributed by atoms with van der Waals surface area (Å²) < 4.78 is 0. The number of allylic oxidation sites excluding steroid dienone is 2. The third kappa shape index (κ3) is 12.5. The first-order valence-corrected chi connectivity index (χ1v) is 10.1. The van der Waals surface area contributed by atoms with Gasteiger partial charge in [0.25, 0.3) is 0 Å². The predicted molar refractivity (Wildman–Crippen MR) is 107 cm³/mol. The molecule has 1 nitrogen and oxygen atoms in total. The highest BCUT2D eigenvalue weighted by Gasteiger charge is 2.13.